The Labute approximate surface area is 43.4 Å². The summed E-state index contributed by atoms with van der Waals surface area (Å²) in [5, 5.41) is 3.37. The Morgan fingerprint density at radius 1 is 1.43 bits per heavy atom. The van der Waals surface area contributed by atoms with Crippen LogP contribution in [0.15, 0.2) is 12.2 Å². The van der Waals surface area contributed by atoms with Gasteiger partial charge in [-0.1, -0.05) is 12.2 Å². The fourth-order valence-corrected chi connectivity index (χ4v) is 1.29. The van der Waals surface area contributed by atoms with Crippen LogP contribution < -0.4 is 5.32 Å². The maximum Gasteiger partial charge on any atom is 0.0313 e. The zero-order chi connectivity index (χ0) is 4.69. The Balaban J connectivity index is 2.17. The van der Waals surface area contributed by atoms with Crippen LogP contribution in [-0.2, 0) is 0 Å². The van der Waals surface area contributed by atoms with Gasteiger partial charge in [-0.05, 0) is 18.9 Å². The molecule has 38 valence electrons. The lowest BCUT2D eigenvalue weighted by Gasteiger charge is -2.19. The first kappa shape index (κ1) is 3.67. The monoisotopic (exact) mass is 95.1 g/mol. The number of hydrogen-bond donors (Lipinski definition) is 1. The van der Waals surface area contributed by atoms with Crippen molar-refractivity contribution in [1.29, 1.82) is 0 Å². The standard InChI is InChI=1S/C6H9N/c1-2-6-5(1)3-4-7-6/h1-2,5-7H,3-4H2/t5-,6-/m1/s1. The first-order valence-electron chi connectivity index (χ1n) is 2.88. The highest BCUT2D eigenvalue weighted by molar-refractivity contribution is 5.16. The molecule has 2 atom stereocenters. The fourth-order valence-electron chi connectivity index (χ4n) is 1.29. The summed E-state index contributed by atoms with van der Waals surface area (Å²) in [5.41, 5.74) is 0. The van der Waals surface area contributed by atoms with Gasteiger partial charge in [-0.3, -0.25) is 0 Å². The molecule has 0 saturated carbocycles. The van der Waals surface area contributed by atoms with E-state index in [4.69, 9.17) is 0 Å². The van der Waals surface area contributed by atoms with Crippen LogP contribution in [0.4, 0.5) is 0 Å². The van der Waals surface area contributed by atoms with Crippen LogP contribution in [0.1, 0.15) is 6.42 Å². The largest absolute Gasteiger partial charge is 0.310 e. The van der Waals surface area contributed by atoms with Gasteiger partial charge >= 0.3 is 0 Å². The van der Waals surface area contributed by atoms with Crippen molar-refractivity contribution < 1.29 is 0 Å². The van der Waals surface area contributed by atoms with Gasteiger partial charge in [-0.2, -0.15) is 0 Å². The van der Waals surface area contributed by atoms with Crippen molar-refractivity contribution in [1.82, 2.24) is 5.32 Å². The molecule has 1 heterocycles. The molecular formula is C6H9N. The number of hydrogen-bond acceptors (Lipinski definition) is 1. The zero-order valence-corrected chi connectivity index (χ0v) is 4.22. The molecule has 1 nitrogen and oxygen atoms in total. The molecule has 7 heavy (non-hydrogen) atoms. The molecule has 1 fully saturated rings. The van der Waals surface area contributed by atoms with Gasteiger partial charge in [0.05, 0.1) is 0 Å². The molecule has 0 amide bonds. The third kappa shape index (κ3) is 0.361. The molecule has 1 N–H and O–H groups in total. The van der Waals surface area contributed by atoms with E-state index in [2.05, 4.69) is 17.5 Å². The second kappa shape index (κ2) is 1.10. The number of fused-ring (bicyclic) bond motifs is 1. The van der Waals surface area contributed by atoms with E-state index in [0.717, 1.165) is 12.0 Å². The van der Waals surface area contributed by atoms with Crippen molar-refractivity contribution in [3.05, 3.63) is 12.2 Å². The Kier molecular flexibility index (Phi) is 0.577. The molecule has 0 unspecified atom stereocenters. The van der Waals surface area contributed by atoms with Gasteiger partial charge in [0.2, 0.25) is 0 Å². The highest BCUT2D eigenvalue weighted by Gasteiger charge is 2.27. The van der Waals surface area contributed by atoms with Gasteiger partial charge in [-0.25, -0.2) is 0 Å². The van der Waals surface area contributed by atoms with E-state index in [1.54, 1.807) is 0 Å². The van der Waals surface area contributed by atoms with Gasteiger partial charge in [0, 0.05) is 6.04 Å². The van der Waals surface area contributed by atoms with Crippen molar-refractivity contribution in [3.8, 4) is 0 Å². The smallest absolute Gasteiger partial charge is 0.0313 e. The normalized spacial score (nSPS) is 45.7. The molecule has 1 saturated heterocycles. The summed E-state index contributed by atoms with van der Waals surface area (Å²) < 4.78 is 0. The fraction of sp³-hybridized carbons (Fsp3) is 0.667. The molecule has 0 aromatic rings. The van der Waals surface area contributed by atoms with E-state index >= 15 is 0 Å². The Hall–Kier alpha value is -0.300. The second-order valence-electron chi connectivity index (χ2n) is 2.32. The Morgan fingerprint density at radius 2 is 2.43 bits per heavy atom. The van der Waals surface area contributed by atoms with Crippen molar-refractivity contribution in [2.24, 2.45) is 5.92 Å². The molecule has 0 aromatic carbocycles. The molecular weight excluding hydrogens is 86.1 g/mol. The summed E-state index contributed by atoms with van der Waals surface area (Å²) in [5.74, 6) is 0.903. The van der Waals surface area contributed by atoms with Gasteiger partial charge in [0.25, 0.3) is 0 Å². The van der Waals surface area contributed by atoms with Crippen molar-refractivity contribution in [3.63, 3.8) is 0 Å². The molecule has 0 aromatic heterocycles. The highest BCUT2D eigenvalue weighted by atomic mass is 15.0. The molecule has 2 aliphatic rings. The van der Waals surface area contributed by atoms with Crippen LogP contribution in [0.5, 0.6) is 0 Å². The van der Waals surface area contributed by atoms with Crippen LogP contribution in [0, 0.1) is 5.92 Å². The molecule has 0 bridgehead atoms. The van der Waals surface area contributed by atoms with Crippen molar-refractivity contribution in [2.45, 2.75) is 12.5 Å². The van der Waals surface area contributed by atoms with Crippen LogP contribution in [0.3, 0.4) is 0 Å². The second-order valence-corrected chi connectivity index (χ2v) is 2.32. The zero-order valence-electron chi connectivity index (χ0n) is 4.22. The first-order valence-corrected chi connectivity index (χ1v) is 2.88. The minimum absolute atomic E-state index is 0.764. The number of nitrogens with one attached hydrogen (secondary N) is 1. The summed E-state index contributed by atoms with van der Waals surface area (Å²) in [4.78, 5) is 0. The summed E-state index contributed by atoms with van der Waals surface area (Å²) >= 11 is 0. The summed E-state index contributed by atoms with van der Waals surface area (Å²) in [6.07, 6.45) is 5.91. The lowest BCUT2D eigenvalue weighted by molar-refractivity contribution is 0.563. The van der Waals surface area contributed by atoms with Crippen LogP contribution in [0.25, 0.3) is 0 Å². The Morgan fingerprint density at radius 3 is 2.71 bits per heavy atom. The maximum atomic E-state index is 3.37. The quantitative estimate of drug-likeness (QED) is 0.433. The summed E-state index contributed by atoms with van der Waals surface area (Å²) in [7, 11) is 0. The van der Waals surface area contributed by atoms with Crippen LogP contribution >= 0.6 is 0 Å². The molecule has 1 heteroatoms. The Bertz CT molecular complexity index is 94.7. The van der Waals surface area contributed by atoms with E-state index in [1.165, 1.54) is 13.0 Å². The topological polar surface area (TPSA) is 12.0 Å². The highest BCUT2D eigenvalue weighted by Crippen LogP contribution is 2.25. The predicted molar refractivity (Wildman–Crippen MR) is 29.0 cm³/mol. The van der Waals surface area contributed by atoms with Crippen molar-refractivity contribution >= 4 is 0 Å². The van der Waals surface area contributed by atoms with Gasteiger partial charge in [0.1, 0.15) is 0 Å². The lowest BCUT2D eigenvalue weighted by atomic mass is 9.91. The van der Waals surface area contributed by atoms with Crippen LogP contribution in [-0.4, -0.2) is 12.6 Å². The van der Waals surface area contributed by atoms with Gasteiger partial charge < -0.3 is 5.32 Å². The minimum Gasteiger partial charge on any atom is -0.310 e. The lowest BCUT2D eigenvalue weighted by Crippen LogP contribution is -2.28. The van der Waals surface area contributed by atoms with Crippen molar-refractivity contribution in [2.75, 3.05) is 6.54 Å². The van der Waals surface area contributed by atoms with E-state index < -0.39 is 0 Å². The molecule has 1 aliphatic heterocycles. The summed E-state index contributed by atoms with van der Waals surface area (Å²) in [6.45, 7) is 1.22. The third-order valence-corrected chi connectivity index (χ3v) is 1.88. The van der Waals surface area contributed by atoms with E-state index in [9.17, 15) is 0 Å². The molecule has 0 radical (unpaired) electrons. The van der Waals surface area contributed by atoms with E-state index in [1.807, 2.05) is 0 Å². The maximum absolute atomic E-state index is 3.37. The molecule has 0 spiro atoms. The predicted octanol–water partition coefficient (Wildman–Crippen LogP) is 0.534. The molecule has 1 aliphatic carbocycles. The third-order valence-electron chi connectivity index (χ3n) is 1.88. The number of rotatable bonds is 0. The van der Waals surface area contributed by atoms with Gasteiger partial charge in [-0.15, -0.1) is 0 Å². The van der Waals surface area contributed by atoms with Gasteiger partial charge in [0.15, 0.2) is 0 Å². The van der Waals surface area contributed by atoms with E-state index in [-0.39, 0.29) is 0 Å². The van der Waals surface area contributed by atoms with E-state index in [0.29, 0.717) is 0 Å². The summed E-state index contributed by atoms with van der Waals surface area (Å²) in [6, 6.07) is 0.764. The SMILES string of the molecule is C1=C[C@H]2NCC[C@@H]12. The minimum atomic E-state index is 0.764. The first-order chi connectivity index (χ1) is 3.47. The van der Waals surface area contributed by atoms with Crippen LogP contribution in [0.2, 0.25) is 0 Å². The average molecular weight is 95.1 g/mol. The molecule has 2 rings (SSSR count). The average Bonchev–Trinajstić information content (AvgIpc) is 1.85.